The van der Waals surface area contributed by atoms with Crippen molar-refractivity contribution in [2.24, 2.45) is 0 Å². The van der Waals surface area contributed by atoms with E-state index in [1.54, 1.807) is 30.1 Å². The summed E-state index contributed by atoms with van der Waals surface area (Å²) in [4.78, 5) is 17.8. The van der Waals surface area contributed by atoms with Crippen molar-refractivity contribution in [3.05, 3.63) is 77.4 Å². The number of halogens is 1. The quantitative estimate of drug-likeness (QED) is 0.640. The number of carbonyl (C=O) groups is 1. The fraction of sp³-hybridized carbons (Fsp3) is 0.0526. The first kappa shape index (κ1) is 16.6. The summed E-state index contributed by atoms with van der Waals surface area (Å²) in [7, 11) is 0. The van der Waals surface area contributed by atoms with E-state index < -0.39 is 0 Å². The van der Waals surface area contributed by atoms with Gasteiger partial charge < -0.3 is 5.32 Å². The molecule has 0 aliphatic rings. The van der Waals surface area contributed by atoms with E-state index in [1.807, 2.05) is 54.8 Å². The Bertz CT molecular complexity index is 851. The lowest BCUT2D eigenvalue weighted by atomic mass is 10.1. The molecule has 0 bridgehead atoms. The van der Waals surface area contributed by atoms with Crippen LogP contribution in [0.15, 0.2) is 71.8 Å². The molecule has 1 amide bonds. The first-order valence-electron chi connectivity index (χ1n) is 7.34. The Labute approximate surface area is 150 Å². The number of pyridine rings is 1. The second-order valence-corrected chi connectivity index (χ2v) is 6.38. The molecule has 0 unspecified atom stereocenters. The van der Waals surface area contributed by atoms with Gasteiger partial charge in [0.25, 0.3) is 5.91 Å². The molecule has 0 saturated heterocycles. The van der Waals surface area contributed by atoms with E-state index in [9.17, 15) is 4.79 Å². The third-order valence-corrected chi connectivity index (χ3v) is 4.59. The van der Waals surface area contributed by atoms with Crippen LogP contribution in [0.5, 0.6) is 0 Å². The monoisotopic (exact) mass is 354 g/mol. The number of amides is 1. The highest BCUT2D eigenvalue weighted by Crippen LogP contribution is 2.29. The Morgan fingerprint density at radius 2 is 1.88 bits per heavy atom. The van der Waals surface area contributed by atoms with Gasteiger partial charge in [0, 0.05) is 27.9 Å². The van der Waals surface area contributed by atoms with Gasteiger partial charge >= 0.3 is 0 Å². The van der Waals surface area contributed by atoms with Gasteiger partial charge in [-0.3, -0.25) is 9.78 Å². The van der Waals surface area contributed by atoms with Crippen LogP contribution >= 0.6 is 23.4 Å². The van der Waals surface area contributed by atoms with Gasteiger partial charge in [0.05, 0.1) is 10.7 Å². The minimum Gasteiger partial charge on any atom is -0.322 e. The molecule has 0 spiro atoms. The maximum atomic E-state index is 12.4. The number of carbonyl (C=O) groups excluding carboxylic acids is 1. The molecule has 0 fully saturated rings. The maximum Gasteiger partial charge on any atom is 0.255 e. The number of rotatable bonds is 4. The SMILES string of the molecule is CSc1ccc(C(=O)Nc2ccc(Cl)c(-c3ccccn3)c2)cc1. The van der Waals surface area contributed by atoms with Crippen LogP contribution in [0.4, 0.5) is 5.69 Å². The maximum absolute atomic E-state index is 12.4. The number of benzene rings is 2. The average Bonchev–Trinajstić information content (AvgIpc) is 2.64. The molecule has 1 heterocycles. The van der Waals surface area contributed by atoms with Crippen LogP contribution in [0.2, 0.25) is 5.02 Å². The van der Waals surface area contributed by atoms with Gasteiger partial charge in [0.15, 0.2) is 0 Å². The molecule has 0 radical (unpaired) electrons. The topological polar surface area (TPSA) is 42.0 Å². The number of hydrogen-bond donors (Lipinski definition) is 1. The normalized spacial score (nSPS) is 10.4. The molecule has 3 rings (SSSR count). The van der Waals surface area contributed by atoms with E-state index in [0.29, 0.717) is 16.3 Å². The number of nitrogens with zero attached hydrogens (tertiary/aromatic N) is 1. The predicted molar refractivity (Wildman–Crippen MR) is 101 cm³/mol. The average molecular weight is 355 g/mol. The molecule has 1 aromatic heterocycles. The molecule has 3 aromatic rings. The summed E-state index contributed by atoms with van der Waals surface area (Å²) in [6, 6.07) is 18.5. The zero-order chi connectivity index (χ0) is 16.9. The highest BCUT2D eigenvalue weighted by Gasteiger charge is 2.09. The van der Waals surface area contributed by atoms with Crippen LogP contribution in [0, 0.1) is 0 Å². The first-order valence-corrected chi connectivity index (χ1v) is 8.94. The van der Waals surface area contributed by atoms with Gasteiger partial charge in [-0.05, 0) is 60.9 Å². The van der Waals surface area contributed by atoms with Crippen molar-refractivity contribution in [1.29, 1.82) is 0 Å². The molecule has 0 atom stereocenters. The minimum absolute atomic E-state index is 0.156. The summed E-state index contributed by atoms with van der Waals surface area (Å²) < 4.78 is 0. The van der Waals surface area contributed by atoms with Gasteiger partial charge in [0.1, 0.15) is 0 Å². The summed E-state index contributed by atoms with van der Waals surface area (Å²) in [6.07, 6.45) is 3.71. The fourth-order valence-corrected chi connectivity index (χ4v) is 2.89. The molecule has 5 heteroatoms. The first-order chi connectivity index (χ1) is 11.7. The third kappa shape index (κ3) is 3.78. The number of thioether (sulfide) groups is 1. The second-order valence-electron chi connectivity index (χ2n) is 5.09. The lowest BCUT2D eigenvalue weighted by Crippen LogP contribution is -2.11. The molecule has 3 nitrogen and oxygen atoms in total. The van der Waals surface area contributed by atoms with E-state index in [-0.39, 0.29) is 5.91 Å². The van der Waals surface area contributed by atoms with Gasteiger partial charge in [-0.2, -0.15) is 0 Å². The molecule has 2 aromatic carbocycles. The molecule has 0 aliphatic carbocycles. The fourth-order valence-electron chi connectivity index (χ4n) is 2.27. The molecule has 1 N–H and O–H groups in total. The summed E-state index contributed by atoms with van der Waals surface area (Å²) in [5, 5.41) is 3.49. The van der Waals surface area contributed by atoms with Crippen LogP contribution in [0.1, 0.15) is 10.4 Å². The van der Waals surface area contributed by atoms with Gasteiger partial charge in [0.2, 0.25) is 0 Å². The van der Waals surface area contributed by atoms with Crippen LogP contribution in [0.3, 0.4) is 0 Å². The highest BCUT2D eigenvalue weighted by molar-refractivity contribution is 7.98. The second kappa shape index (κ2) is 7.51. The number of hydrogen-bond acceptors (Lipinski definition) is 3. The van der Waals surface area contributed by atoms with Gasteiger partial charge in [-0.25, -0.2) is 0 Å². The van der Waals surface area contributed by atoms with Crippen molar-refractivity contribution >= 4 is 35.0 Å². The highest BCUT2D eigenvalue weighted by atomic mass is 35.5. The summed E-state index contributed by atoms with van der Waals surface area (Å²) in [5.41, 5.74) is 2.84. The predicted octanol–water partition coefficient (Wildman–Crippen LogP) is 5.38. The van der Waals surface area contributed by atoms with Crippen molar-refractivity contribution in [2.45, 2.75) is 4.90 Å². The van der Waals surface area contributed by atoms with Crippen LogP contribution in [-0.4, -0.2) is 17.1 Å². The van der Waals surface area contributed by atoms with Crippen molar-refractivity contribution < 1.29 is 4.79 Å². The molecular formula is C19H15ClN2OS. The molecular weight excluding hydrogens is 340 g/mol. The van der Waals surface area contributed by atoms with Crippen LogP contribution < -0.4 is 5.32 Å². The molecule has 0 aliphatic heterocycles. The number of aromatic nitrogens is 1. The van der Waals surface area contributed by atoms with Crippen molar-refractivity contribution in [3.63, 3.8) is 0 Å². The van der Waals surface area contributed by atoms with E-state index >= 15 is 0 Å². The minimum atomic E-state index is -0.156. The van der Waals surface area contributed by atoms with Crippen molar-refractivity contribution in [3.8, 4) is 11.3 Å². The van der Waals surface area contributed by atoms with Crippen LogP contribution in [0.25, 0.3) is 11.3 Å². The molecule has 0 saturated carbocycles. The van der Waals surface area contributed by atoms with Crippen molar-refractivity contribution in [2.75, 3.05) is 11.6 Å². The Balaban J connectivity index is 1.83. The Kier molecular flexibility index (Phi) is 5.18. The van der Waals surface area contributed by atoms with E-state index in [4.69, 9.17) is 11.6 Å². The summed E-state index contributed by atoms with van der Waals surface area (Å²) in [6.45, 7) is 0. The lowest BCUT2D eigenvalue weighted by Gasteiger charge is -2.09. The Hall–Kier alpha value is -2.30. The van der Waals surface area contributed by atoms with Crippen molar-refractivity contribution in [1.82, 2.24) is 4.98 Å². The standard InChI is InChI=1S/C19H15ClN2OS/c1-24-15-8-5-13(6-9-15)19(23)22-14-7-10-17(20)16(12-14)18-4-2-3-11-21-18/h2-12H,1H3,(H,22,23). The van der Waals surface area contributed by atoms with E-state index in [1.165, 1.54) is 0 Å². The van der Waals surface area contributed by atoms with Gasteiger partial charge in [-0.15, -0.1) is 11.8 Å². The third-order valence-electron chi connectivity index (χ3n) is 3.52. The molecule has 120 valence electrons. The lowest BCUT2D eigenvalue weighted by molar-refractivity contribution is 0.102. The smallest absolute Gasteiger partial charge is 0.255 e. The number of nitrogens with one attached hydrogen (secondary N) is 1. The zero-order valence-electron chi connectivity index (χ0n) is 13.0. The summed E-state index contributed by atoms with van der Waals surface area (Å²) >= 11 is 7.90. The summed E-state index contributed by atoms with van der Waals surface area (Å²) in [5.74, 6) is -0.156. The van der Waals surface area contributed by atoms with E-state index in [0.717, 1.165) is 16.2 Å². The number of anilines is 1. The van der Waals surface area contributed by atoms with Gasteiger partial charge in [-0.1, -0.05) is 17.7 Å². The van der Waals surface area contributed by atoms with Crippen LogP contribution in [-0.2, 0) is 0 Å². The Morgan fingerprint density at radius 1 is 1.08 bits per heavy atom. The zero-order valence-corrected chi connectivity index (χ0v) is 14.6. The molecule has 24 heavy (non-hydrogen) atoms. The largest absolute Gasteiger partial charge is 0.322 e. The van der Waals surface area contributed by atoms with E-state index in [2.05, 4.69) is 10.3 Å². The Morgan fingerprint density at radius 3 is 2.54 bits per heavy atom.